The molecule has 0 saturated carbocycles. The van der Waals surface area contributed by atoms with Crippen LogP contribution in [0.1, 0.15) is 64.9 Å². The molecule has 0 aromatic heterocycles. The third-order valence-corrected chi connectivity index (χ3v) is 8.05. The first-order chi connectivity index (χ1) is 11.3. The molecule has 0 saturated heterocycles. The van der Waals surface area contributed by atoms with E-state index in [0.29, 0.717) is 0 Å². The van der Waals surface area contributed by atoms with Crippen LogP contribution in [-0.2, 0) is 32.4 Å². The maximum absolute atomic E-state index is 6.31. The monoisotopic (exact) mass is 358 g/mol. The van der Waals surface area contributed by atoms with E-state index in [1.165, 1.54) is 5.56 Å². The molecule has 0 aliphatic carbocycles. The van der Waals surface area contributed by atoms with Gasteiger partial charge in [-0.25, -0.2) is 0 Å². The predicted octanol–water partition coefficient (Wildman–Crippen LogP) is 5.54. The van der Waals surface area contributed by atoms with Crippen LogP contribution < -0.4 is 0 Å². The fourth-order valence-electron chi connectivity index (χ4n) is 2.24. The zero-order valence-corrected chi connectivity index (χ0v) is 16.7. The number of hydrogen-bond donors (Lipinski definition) is 0. The summed E-state index contributed by atoms with van der Waals surface area (Å²) in [5, 5.41) is 0. The Morgan fingerprint density at radius 1 is 0.696 bits per heavy atom. The van der Waals surface area contributed by atoms with Gasteiger partial charge in [0.2, 0.25) is 0 Å². The van der Waals surface area contributed by atoms with Crippen molar-refractivity contribution < 1.29 is 27.7 Å². The predicted molar refractivity (Wildman–Crippen MR) is 92.7 cm³/mol. The van der Waals surface area contributed by atoms with Crippen molar-refractivity contribution in [3.63, 3.8) is 0 Å². The Bertz CT molecular complexity index is 357. The topological polar surface area (TPSA) is 27.7 Å². The van der Waals surface area contributed by atoms with Crippen molar-refractivity contribution in [2.24, 2.45) is 0 Å². The zero-order valence-electron chi connectivity index (χ0n) is 15.2. The van der Waals surface area contributed by atoms with Gasteiger partial charge in [0.15, 0.2) is 0 Å². The van der Waals surface area contributed by atoms with E-state index in [4.69, 9.17) is 9.96 Å². The minimum atomic E-state index is -3.24. The van der Waals surface area contributed by atoms with Crippen molar-refractivity contribution in [2.75, 3.05) is 19.8 Å². The second kappa shape index (κ2) is 13.1. The van der Waals surface area contributed by atoms with Gasteiger partial charge in [0.25, 0.3) is 0 Å². The van der Waals surface area contributed by atoms with Gasteiger partial charge in [0.1, 0.15) is 0 Å². The summed E-state index contributed by atoms with van der Waals surface area (Å²) in [5.41, 5.74) is 1.26. The van der Waals surface area contributed by atoms with E-state index < -0.39 is 17.8 Å². The summed E-state index contributed by atoms with van der Waals surface area (Å²) >= 11 is -3.24. The van der Waals surface area contributed by atoms with Crippen LogP contribution in [0, 0.1) is 0 Å². The molecule has 0 unspecified atom stereocenters. The third kappa shape index (κ3) is 9.02. The number of benzene rings is 1. The first kappa shape index (κ1) is 20.9. The Morgan fingerprint density at radius 3 is 1.52 bits per heavy atom. The minimum absolute atomic E-state index is 0.752. The van der Waals surface area contributed by atoms with Gasteiger partial charge >= 0.3 is 147 Å². The first-order valence-electron chi connectivity index (χ1n) is 9.22. The summed E-state index contributed by atoms with van der Waals surface area (Å²) in [6.07, 6.45) is 6.59. The molecule has 0 N–H and O–H groups in total. The zero-order chi connectivity index (χ0) is 16.8. The Kier molecular flexibility index (Phi) is 11.9. The molecule has 1 aromatic rings. The van der Waals surface area contributed by atoms with Gasteiger partial charge in [0, 0.05) is 0 Å². The second-order valence-electron chi connectivity index (χ2n) is 5.95. The number of rotatable bonds is 14. The first-order valence-corrected chi connectivity index (χ1v) is 12.2. The molecule has 132 valence electrons. The standard InChI is InChI=1S/C7H7.3C4H9O.Ti/c1-7-5-3-2-4-6-7;3*1-2-3-4-5;/h2-6H,1H2;3*2-4H2,1H3;/q;3*-1;+3. The molecule has 0 bridgehead atoms. The maximum atomic E-state index is 6.31. The van der Waals surface area contributed by atoms with Crippen molar-refractivity contribution in [3.05, 3.63) is 35.9 Å². The Morgan fingerprint density at radius 2 is 1.13 bits per heavy atom. The van der Waals surface area contributed by atoms with Gasteiger partial charge in [-0.2, -0.15) is 0 Å². The molecule has 1 rings (SSSR count). The number of unbranched alkanes of at least 4 members (excludes halogenated alkanes) is 3. The fraction of sp³-hybridized carbons (Fsp3) is 0.684. The van der Waals surface area contributed by atoms with Crippen molar-refractivity contribution in [2.45, 2.75) is 64.0 Å². The van der Waals surface area contributed by atoms with E-state index in [0.717, 1.165) is 63.1 Å². The van der Waals surface area contributed by atoms with E-state index in [9.17, 15) is 0 Å². The van der Waals surface area contributed by atoms with Crippen LogP contribution in [0.2, 0.25) is 0 Å². The van der Waals surface area contributed by atoms with Gasteiger partial charge in [-0.05, 0) is 0 Å². The second-order valence-corrected chi connectivity index (χ2v) is 9.99. The third-order valence-electron chi connectivity index (χ3n) is 3.72. The van der Waals surface area contributed by atoms with Gasteiger partial charge in [-0.1, -0.05) is 0 Å². The molecular formula is C19H34O3Ti. The number of hydrogen-bond acceptors (Lipinski definition) is 3. The Balaban J connectivity index is 2.79. The molecule has 0 amide bonds. The van der Waals surface area contributed by atoms with Crippen LogP contribution in [-0.4, -0.2) is 19.8 Å². The molecule has 23 heavy (non-hydrogen) atoms. The van der Waals surface area contributed by atoms with Crippen molar-refractivity contribution >= 4 is 0 Å². The molecule has 0 aliphatic heterocycles. The molecule has 0 spiro atoms. The van der Waals surface area contributed by atoms with E-state index in [1.54, 1.807) is 0 Å². The molecule has 1 aromatic carbocycles. The fourth-order valence-corrected chi connectivity index (χ4v) is 6.39. The molecule has 0 radical (unpaired) electrons. The quantitative estimate of drug-likeness (QED) is 0.323. The molecule has 3 nitrogen and oxygen atoms in total. The summed E-state index contributed by atoms with van der Waals surface area (Å²) < 4.78 is 19.7. The van der Waals surface area contributed by atoms with Crippen LogP contribution >= 0.6 is 0 Å². The molecular weight excluding hydrogens is 324 g/mol. The summed E-state index contributed by atoms with van der Waals surface area (Å²) in [7, 11) is 0. The van der Waals surface area contributed by atoms with E-state index in [1.807, 2.05) is 6.07 Å². The summed E-state index contributed by atoms with van der Waals surface area (Å²) in [4.78, 5) is 0. The normalized spacial score (nSPS) is 11.8. The Labute approximate surface area is 147 Å². The van der Waals surface area contributed by atoms with Gasteiger partial charge < -0.3 is 0 Å². The molecule has 0 atom stereocenters. The van der Waals surface area contributed by atoms with E-state index in [-0.39, 0.29) is 0 Å². The van der Waals surface area contributed by atoms with Gasteiger partial charge in [-0.15, -0.1) is 0 Å². The molecule has 0 fully saturated rings. The summed E-state index contributed by atoms with van der Waals surface area (Å²) in [6.45, 7) is 8.81. The van der Waals surface area contributed by atoms with Crippen LogP contribution in [0.4, 0.5) is 0 Å². The molecule has 0 heterocycles. The van der Waals surface area contributed by atoms with Crippen molar-refractivity contribution in [1.82, 2.24) is 0 Å². The van der Waals surface area contributed by atoms with Gasteiger partial charge in [-0.3, -0.25) is 0 Å². The molecule has 0 aliphatic rings. The van der Waals surface area contributed by atoms with E-state index >= 15 is 0 Å². The van der Waals surface area contributed by atoms with Crippen LogP contribution in [0.3, 0.4) is 0 Å². The van der Waals surface area contributed by atoms with E-state index in [2.05, 4.69) is 45.0 Å². The average molecular weight is 358 g/mol. The average Bonchev–Trinajstić information content (AvgIpc) is 2.56. The van der Waals surface area contributed by atoms with Crippen LogP contribution in [0.25, 0.3) is 0 Å². The van der Waals surface area contributed by atoms with Crippen LogP contribution in [0.15, 0.2) is 30.3 Å². The summed E-state index contributed by atoms with van der Waals surface area (Å²) in [6, 6.07) is 10.5. The van der Waals surface area contributed by atoms with Gasteiger partial charge in [0.05, 0.1) is 0 Å². The van der Waals surface area contributed by atoms with Crippen molar-refractivity contribution in [1.29, 1.82) is 0 Å². The molecule has 4 heteroatoms. The SMILES string of the molecule is CCCC[O][Ti]([CH2]c1ccccc1)([O]CCCC)[O]CCCC. The van der Waals surface area contributed by atoms with Crippen LogP contribution in [0.5, 0.6) is 0 Å². The van der Waals surface area contributed by atoms with Crippen molar-refractivity contribution in [3.8, 4) is 0 Å². The Hall–Kier alpha value is -0.186. The summed E-state index contributed by atoms with van der Waals surface area (Å²) in [5.74, 6) is 0.